The minimum absolute atomic E-state index is 0.0202. The highest BCUT2D eigenvalue weighted by atomic mass is 16.5. The van der Waals surface area contributed by atoms with Crippen LogP contribution in [0, 0.1) is 0 Å². The van der Waals surface area contributed by atoms with Crippen molar-refractivity contribution in [3.8, 4) is 103 Å². The molecule has 21 nitrogen and oxygen atoms in total. The lowest BCUT2D eigenvalue weighted by Gasteiger charge is -2.44. The molecule has 3 aliphatic heterocycles. The van der Waals surface area contributed by atoms with Crippen LogP contribution in [0.1, 0.15) is 86.1 Å². The van der Waals surface area contributed by atoms with Gasteiger partial charge in [-0.1, -0.05) is 18.2 Å². The molecule has 372 valence electrons. The molecule has 0 aliphatic carbocycles. The number of ether oxygens (including phenoxy) is 3. The van der Waals surface area contributed by atoms with E-state index in [1.165, 1.54) is 18.2 Å². The van der Waals surface area contributed by atoms with Gasteiger partial charge in [-0.3, -0.25) is 0 Å². The Morgan fingerprint density at radius 2 is 0.556 bits per heavy atom. The molecule has 10 rings (SSSR count). The Morgan fingerprint density at radius 3 is 0.917 bits per heavy atom. The molecular weight excluding hydrogens is 949 g/mol. The zero-order chi connectivity index (χ0) is 51.5. The van der Waals surface area contributed by atoms with Gasteiger partial charge in [0, 0.05) is 69.8 Å². The molecule has 7 aromatic carbocycles. The molecule has 72 heavy (non-hydrogen) atoms. The number of rotatable bonds is 6. The molecule has 0 aromatic heterocycles. The number of aliphatic hydroxyl groups is 3. The lowest BCUT2D eigenvalue weighted by atomic mass is 9.72. The highest BCUT2D eigenvalue weighted by Crippen LogP contribution is 2.64. The maximum absolute atomic E-state index is 12.8. The van der Waals surface area contributed by atoms with Crippen molar-refractivity contribution in [2.75, 3.05) is 0 Å². The second-order valence-electron chi connectivity index (χ2n) is 17.7. The topological polar surface area (TPSA) is 392 Å². The second-order valence-corrected chi connectivity index (χ2v) is 17.7. The van der Waals surface area contributed by atoms with E-state index in [-0.39, 0.29) is 28.0 Å². The quantitative estimate of drug-likeness (QED) is 0.0958. The Balaban J connectivity index is 1.28. The molecule has 0 spiro atoms. The van der Waals surface area contributed by atoms with E-state index < -0.39 is 180 Å². The highest BCUT2D eigenvalue weighted by molar-refractivity contribution is 5.72. The summed E-state index contributed by atoms with van der Waals surface area (Å²) in [5.74, 6) is -17.7. The number of phenolic OH excluding ortho intramolecular Hbond substituents is 15. The SMILES string of the molecule is Oc1cc(O)c(C2c3c(O)cc(O)c(C4c5c(O)cc(O)c(C6c7c(O)cc(O)cc7OC(c7ccc(O)c(O)c7)C6O)c5OC(c5ccc(O)c(O)c5)C4O)c3OC(c3ccc(O)c(O)c3)C2O)c(O)c1. The second kappa shape index (κ2) is 16.8. The number of aromatic hydroxyl groups is 15. The smallest absolute Gasteiger partial charge is 0.157 e. The van der Waals surface area contributed by atoms with Gasteiger partial charge in [0.15, 0.2) is 52.8 Å². The van der Waals surface area contributed by atoms with Crippen LogP contribution < -0.4 is 14.2 Å². The van der Waals surface area contributed by atoms with Crippen molar-refractivity contribution in [3.63, 3.8) is 0 Å². The fraction of sp³-hybridized carbons (Fsp3) is 0.176. The molecule has 0 radical (unpaired) electrons. The molecule has 0 amide bonds. The number of fused-ring (bicyclic) bond motifs is 3. The fourth-order valence-electron chi connectivity index (χ4n) is 10.2. The standard InChI is InChI=1S/C51H42O21/c52-19-10-27(60)35(28(61)11-19)41-37-30(63)14-32(65)39(50(37)71-48(44(41)67)17-2-5-22(55)25(58)8-17)43-40-33(66)15-31(64)38(51(40)72-49(46(43)69)18-3-6-23(56)26(59)9-18)42-36-29(62)12-20(53)13-34(36)70-47(45(42)68)16-1-4-21(54)24(57)7-16/h1-15,41-49,52-69H. The van der Waals surface area contributed by atoms with Gasteiger partial charge in [0.25, 0.3) is 0 Å². The monoisotopic (exact) mass is 990 g/mol. The van der Waals surface area contributed by atoms with Crippen molar-refractivity contribution < 1.29 is 106 Å². The van der Waals surface area contributed by atoms with Crippen LogP contribution in [-0.4, -0.2) is 110 Å². The summed E-state index contributed by atoms with van der Waals surface area (Å²) in [6, 6.07) is 15.0. The molecule has 9 unspecified atom stereocenters. The van der Waals surface area contributed by atoms with Crippen LogP contribution in [0.5, 0.6) is 103 Å². The molecule has 9 atom stereocenters. The van der Waals surface area contributed by atoms with Crippen molar-refractivity contribution >= 4 is 0 Å². The minimum atomic E-state index is -2.09. The van der Waals surface area contributed by atoms with E-state index in [4.69, 9.17) is 14.2 Å². The lowest BCUT2D eigenvalue weighted by molar-refractivity contribution is -0.00762. The summed E-state index contributed by atoms with van der Waals surface area (Å²) >= 11 is 0. The molecule has 21 heteroatoms. The van der Waals surface area contributed by atoms with E-state index in [1.807, 2.05) is 0 Å². The summed E-state index contributed by atoms with van der Waals surface area (Å²) in [7, 11) is 0. The van der Waals surface area contributed by atoms with Crippen LogP contribution in [-0.2, 0) is 0 Å². The van der Waals surface area contributed by atoms with Gasteiger partial charge < -0.3 is 106 Å². The molecule has 0 saturated heterocycles. The van der Waals surface area contributed by atoms with Crippen molar-refractivity contribution in [1.82, 2.24) is 0 Å². The fourth-order valence-corrected chi connectivity index (χ4v) is 10.2. The van der Waals surface area contributed by atoms with Gasteiger partial charge in [0.05, 0.1) is 17.8 Å². The van der Waals surface area contributed by atoms with Gasteiger partial charge in [0.2, 0.25) is 0 Å². The number of benzene rings is 7. The van der Waals surface area contributed by atoms with Crippen LogP contribution >= 0.6 is 0 Å². The molecule has 3 heterocycles. The number of hydrogen-bond donors (Lipinski definition) is 18. The summed E-state index contributed by atoms with van der Waals surface area (Å²) in [4.78, 5) is 0. The van der Waals surface area contributed by atoms with Crippen LogP contribution in [0.15, 0.2) is 91.0 Å². The van der Waals surface area contributed by atoms with Gasteiger partial charge in [-0.15, -0.1) is 0 Å². The predicted molar refractivity (Wildman–Crippen MR) is 244 cm³/mol. The van der Waals surface area contributed by atoms with Gasteiger partial charge in [-0.2, -0.15) is 0 Å². The van der Waals surface area contributed by atoms with Crippen molar-refractivity contribution in [2.24, 2.45) is 0 Å². The summed E-state index contributed by atoms with van der Waals surface area (Å²) < 4.78 is 19.1. The van der Waals surface area contributed by atoms with E-state index in [0.29, 0.717) is 0 Å². The highest BCUT2D eigenvalue weighted by Gasteiger charge is 2.52. The average Bonchev–Trinajstić information content (AvgIpc) is 3.30. The van der Waals surface area contributed by atoms with Crippen LogP contribution in [0.25, 0.3) is 0 Å². The van der Waals surface area contributed by atoms with Gasteiger partial charge >= 0.3 is 0 Å². The summed E-state index contributed by atoms with van der Waals surface area (Å²) in [6.45, 7) is 0. The largest absolute Gasteiger partial charge is 0.508 e. The van der Waals surface area contributed by atoms with E-state index >= 15 is 0 Å². The van der Waals surface area contributed by atoms with Crippen LogP contribution in [0.3, 0.4) is 0 Å². The Labute approximate surface area is 404 Å². The minimum Gasteiger partial charge on any atom is -0.508 e. The maximum Gasteiger partial charge on any atom is 0.157 e. The van der Waals surface area contributed by atoms with E-state index in [9.17, 15) is 91.9 Å². The van der Waals surface area contributed by atoms with Gasteiger partial charge in [0.1, 0.15) is 87.3 Å². The van der Waals surface area contributed by atoms with Crippen LogP contribution in [0.2, 0.25) is 0 Å². The molecule has 18 N–H and O–H groups in total. The number of phenols is 15. The third-order valence-electron chi connectivity index (χ3n) is 13.4. The van der Waals surface area contributed by atoms with Crippen molar-refractivity contribution in [1.29, 1.82) is 0 Å². The molecule has 7 aromatic rings. The average molecular weight is 991 g/mol. The Kier molecular flexibility index (Phi) is 10.8. The van der Waals surface area contributed by atoms with Crippen molar-refractivity contribution in [2.45, 2.75) is 54.4 Å². The zero-order valence-corrected chi connectivity index (χ0v) is 36.6. The predicted octanol–water partition coefficient (Wildman–Crippen LogP) is 5.15. The molecule has 0 saturated carbocycles. The summed E-state index contributed by atoms with van der Waals surface area (Å²) in [6.07, 6.45) is -11.1. The zero-order valence-electron chi connectivity index (χ0n) is 36.6. The van der Waals surface area contributed by atoms with E-state index in [2.05, 4.69) is 0 Å². The number of aliphatic hydroxyl groups excluding tert-OH is 3. The van der Waals surface area contributed by atoms with Gasteiger partial charge in [-0.05, 0) is 53.1 Å². The van der Waals surface area contributed by atoms with Crippen LogP contribution in [0.4, 0.5) is 0 Å². The first-order valence-electron chi connectivity index (χ1n) is 21.7. The summed E-state index contributed by atoms with van der Waals surface area (Å²) in [5.41, 5.74) is -2.97. The Bertz CT molecular complexity index is 3350. The van der Waals surface area contributed by atoms with E-state index in [1.54, 1.807) is 0 Å². The first-order chi connectivity index (χ1) is 34.1. The normalized spacial score (nSPS) is 23.1. The molecule has 3 aliphatic rings. The third-order valence-corrected chi connectivity index (χ3v) is 13.4. The molecular formula is C51H42O21. The summed E-state index contributed by atoms with van der Waals surface area (Å²) in [5, 5.41) is 203. The third kappa shape index (κ3) is 7.20. The Morgan fingerprint density at radius 1 is 0.264 bits per heavy atom. The lowest BCUT2D eigenvalue weighted by Crippen LogP contribution is -2.39. The van der Waals surface area contributed by atoms with Gasteiger partial charge in [-0.25, -0.2) is 0 Å². The maximum atomic E-state index is 12.8. The first-order valence-corrected chi connectivity index (χ1v) is 21.7. The van der Waals surface area contributed by atoms with E-state index in [0.717, 1.165) is 72.8 Å². The Hall–Kier alpha value is -9.18. The first kappa shape index (κ1) is 46.5. The van der Waals surface area contributed by atoms with Crippen molar-refractivity contribution in [3.05, 3.63) is 141 Å². The number of hydrogen-bond acceptors (Lipinski definition) is 21. The molecule has 0 fully saturated rings. The molecule has 0 bridgehead atoms.